The largest absolute Gasteiger partial charge is 0.492 e. The van der Waals surface area contributed by atoms with Gasteiger partial charge in [-0.3, -0.25) is 9.80 Å². The molecule has 0 radical (unpaired) electrons. The van der Waals surface area contributed by atoms with E-state index >= 15 is 0 Å². The van der Waals surface area contributed by atoms with E-state index in [-0.39, 0.29) is 37.1 Å². The zero-order chi connectivity index (χ0) is 26.7. The Morgan fingerprint density at radius 2 is 1.08 bits per heavy atom. The summed E-state index contributed by atoms with van der Waals surface area (Å²) in [5.41, 5.74) is 0. The van der Waals surface area contributed by atoms with Crippen LogP contribution in [0.2, 0.25) is 0 Å². The fourth-order valence-electron chi connectivity index (χ4n) is 5.10. The summed E-state index contributed by atoms with van der Waals surface area (Å²) < 4.78 is 22.8. The lowest BCUT2D eigenvalue weighted by atomic mass is 10.0. The minimum Gasteiger partial charge on any atom is -0.492 e. The van der Waals surface area contributed by atoms with Gasteiger partial charge in [-0.05, 0) is 64.3 Å². The molecule has 2 aliphatic rings. The second-order valence-corrected chi connectivity index (χ2v) is 10.0. The molecule has 0 bridgehead atoms. The highest BCUT2D eigenvalue weighted by Crippen LogP contribution is 2.25. The summed E-state index contributed by atoms with van der Waals surface area (Å²) in [6, 6.07) is 19.7. The summed E-state index contributed by atoms with van der Waals surface area (Å²) in [7, 11) is 4.11. The molecule has 4 unspecified atom stereocenters. The molecule has 2 saturated heterocycles. The monoisotopic (exact) mass is 522 g/mol. The molecule has 2 aromatic carbocycles. The van der Waals surface area contributed by atoms with E-state index in [1.807, 2.05) is 60.7 Å². The molecule has 2 heterocycles. The van der Waals surface area contributed by atoms with Gasteiger partial charge in [0.1, 0.15) is 24.7 Å². The lowest BCUT2D eigenvalue weighted by Gasteiger charge is -2.25. The van der Waals surface area contributed by atoms with Gasteiger partial charge in [0.2, 0.25) is 0 Å². The van der Waals surface area contributed by atoms with Gasteiger partial charge in [-0.1, -0.05) is 36.4 Å². The molecule has 8 heteroatoms. The van der Waals surface area contributed by atoms with Crippen LogP contribution in [-0.4, -0.2) is 87.4 Å². The summed E-state index contributed by atoms with van der Waals surface area (Å²) in [6.07, 6.45) is 4.13. The SMILES string of the molecule is CN1CCC(COC(=O)/C=C\C(=O)OCC2CCN(C)C2COc2ccccc2)C1COc1ccccc1. The van der Waals surface area contributed by atoms with Crippen molar-refractivity contribution >= 4 is 11.9 Å². The van der Waals surface area contributed by atoms with Crippen LogP contribution in [0, 0.1) is 11.8 Å². The first-order valence-electron chi connectivity index (χ1n) is 13.3. The molecule has 38 heavy (non-hydrogen) atoms. The highest BCUT2D eigenvalue weighted by molar-refractivity contribution is 5.91. The van der Waals surface area contributed by atoms with Gasteiger partial charge in [0, 0.05) is 36.1 Å². The van der Waals surface area contributed by atoms with Crippen molar-refractivity contribution in [2.75, 3.05) is 53.6 Å². The summed E-state index contributed by atoms with van der Waals surface area (Å²) in [5, 5.41) is 0. The number of rotatable bonds is 12. The maximum absolute atomic E-state index is 12.3. The molecule has 2 fully saturated rings. The molecule has 8 nitrogen and oxygen atoms in total. The molecule has 2 aliphatic heterocycles. The van der Waals surface area contributed by atoms with Crippen LogP contribution < -0.4 is 9.47 Å². The number of likely N-dealkylation sites (N-methyl/N-ethyl adjacent to an activating group) is 2. The number of nitrogens with zero attached hydrogens (tertiary/aromatic N) is 2. The summed E-state index contributed by atoms with van der Waals surface area (Å²) >= 11 is 0. The van der Waals surface area contributed by atoms with Crippen molar-refractivity contribution in [3.05, 3.63) is 72.8 Å². The van der Waals surface area contributed by atoms with E-state index in [1.54, 1.807) is 0 Å². The van der Waals surface area contributed by atoms with Crippen LogP contribution in [0.3, 0.4) is 0 Å². The minimum atomic E-state index is -0.547. The van der Waals surface area contributed by atoms with Crippen molar-refractivity contribution in [3.63, 3.8) is 0 Å². The Hall–Kier alpha value is -3.36. The average Bonchev–Trinajstić information content (AvgIpc) is 3.48. The molecule has 0 spiro atoms. The average molecular weight is 523 g/mol. The normalized spacial score (nSPS) is 23.9. The molecule has 0 N–H and O–H groups in total. The molecule has 0 aromatic heterocycles. The van der Waals surface area contributed by atoms with E-state index in [0.717, 1.165) is 49.6 Å². The van der Waals surface area contributed by atoms with E-state index in [0.29, 0.717) is 13.2 Å². The Balaban J connectivity index is 1.16. The summed E-state index contributed by atoms with van der Waals surface area (Å²) in [4.78, 5) is 29.0. The third-order valence-corrected chi connectivity index (χ3v) is 7.49. The molecule has 4 atom stereocenters. The highest BCUT2D eigenvalue weighted by Gasteiger charge is 2.34. The second-order valence-electron chi connectivity index (χ2n) is 10.0. The maximum atomic E-state index is 12.3. The summed E-state index contributed by atoms with van der Waals surface area (Å²) in [5.74, 6) is 0.890. The number of hydrogen-bond donors (Lipinski definition) is 0. The third-order valence-electron chi connectivity index (χ3n) is 7.49. The number of carbonyl (C=O) groups is 2. The molecular formula is C30H38N2O6. The number of carbonyl (C=O) groups excluding carboxylic acids is 2. The van der Waals surface area contributed by atoms with Crippen LogP contribution in [0.25, 0.3) is 0 Å². The Labute approximate surface area is 225 Å². The first-order valence-corrected chi connectivity index (χ1v) is 13.3. The van der Waals surface area contributed by atoms with Crippen LogP contribution in [0.1, 0.15) is 12.8 Å². The van der Waals surface area contributed by atoms with Crippen LogP contribution >= 0.6 is 0 Å². The van der Waals surface area contributed by atoms with Crippen LogP contribution in [-0.2, 0) is 19.1 Å². The Morgan fingerprint density at radius 3 is 1.47 bits per heavy atom. The molecule has 4 rings (SSSR count). The van der Waals surface area contributed by atoms with Crippen LogP contribution in [0.4, 0.5) is 0 Å². The van der Waals surface area contributed by atoms with Gasteiger partial charge in [-0.25, -0.2) is 9.59 Å². The van der Waals surface area contributed by atoms with Crippen LogP contribution in [0.15, 0.2) is 72.8 Å². The fraction of sp³-hybridized carbons (Fsp3) is 0.467. The van der Waals surface area contributed by atoms with Crippen molar-refractivity contribution in [2.24, 2.45) is 11.8 Å². The topological polar surface area (TPSA) is 77.5 Å². The van der Waals surface area contributed by atoms with E-state index in [1.165, 1.54) is 0 Å². The maximum Gasteiger partial charge on any atom is 0.331 e. The predicted molar refractivity (Wildman–Crippen MR) is 144 cm³/mol. The first-order chi connectivity index (χ1) is 18.5. The van der Waals surface area contributed by atoms with Crippen molar-refractivity contribution < 1.29 is 28.5 Å². The first kappa shape index (κ1) is 27.7. The standard InChI is InChI=1S/C30H38N2O6/c1-31-17-15-23(27(31)21-35-25-9-5-3-6-10-25)19-37-29(33)13-14-30(34)38-20-24-16-18-32(2)28(24)22-36-26-11-7-4-8-12-26/h3-14,23-24,27-28H,15-22H2,1-2H3/b14-13-. The third kappa shape index (κ3) is 8.07. The van der Waals surface area contributed by atoms with Crippen LogP contribution in [0.5, 0.6) is 11.5 Å². The predicted octanol–water partition coefficient (Wildman–Crippen LogP) is 3.43. The van der Waals surface area contributed by atoms with Crippen molar-refractivity contribution in [3.8, 4) is 11.5 Å². The van der Waals surface area contributed by atoms with E-state index < -0.39 is 11.9 Å². The fourth-order valence-corrected chi connectivity index (χ4v) is 5.10. The quantitative estimate of drug-likeness (QED) is 0.310. The van der Waals surface area contributed by atoms with E-state index in [2.05, 4.69) is 23.9 Å². The zero-order valence-electron chi connectivity index (χ0n) is 22.2. The minimum absolute atomic E-state index is 0.153. The van der Waals surface area contributed by atoms with E-state index in [4.69, 9.17) is 18.9 Å². The molecule has 0 amide bonds. The van der Waals surface area contributed by atoms with E-state index in [9.17, 15) is 9.59 Å². The molecule has 0 aliphatic carbocycles. The van der Waals surface area contributed by atoms with Crippen molar-refractivity contribution in [1.82, 2.24) is 9.80 Å². The zero-order valence-corrected chi connectivity index (χ0v) is 22.2. The van der Waals surface area contributed by atoms with Gasteiger partial charge in [0.15, 0.2) is 0 Å². The lowest BCUT2D eigenvalue weighted by Crippen LogP contribution is -2.37. The number of benzene rings is 2. The molecule has 0 saturated carbocycles. The van der Waals surface area contributed by atoms with Gasteiger partial charge >= 0.3 is 11.9 Å². The molecular weight excluding hydrogens is 484 g/mol. The lowest BCUT2D eigenvalue weighted by molar-refractivity contribution is -0.142. The Kier molecular flexibility index (Phi) is 10.2. The number of ether oxygens (including phenoxy) is 4. The number of esters is 2. The van der Waals surface area contributed by atoms with Gasteiger partial charge in [0.25, 0.3) is 0 Å². The summed E-state index contributed by atoms with van der Waals surface area (Å²) in [6.45, 7) is 3.45. The number of hydrogen-bond acceptors (Lipinski definition) is 8. The smallest absolute Gasteiger partial charge is 0.331 e. The Bertz CT molecular complexity index is 964. The van der Waals surface area contributed by atoms with Crippen molar-refractivity contribution in [2.45, 2.75) is 24.9 Å². The Morgan fingerprint density at radius 1 is 0.684 bits per heavy atom. The molecule has 204 valence electrons. The number of para-hydroxylation sites is 2. The second kappa shape index (κ2) is 14.0. The van der Waals surface area contributed by atoms with Crippen molar-refractivity contribution in [1.29, 1.82) is 0 Å². The number of likely N-dealkylation sites (tertiary alicyclic amines) is 2. The van der Waals surface area contributed by atoms with Gasteiger partial charge in [0.05, 0.1) is 13.2 Å². The van der Waals surface area contributed by atoms with Gasteiger partial charge in [-0.2, -0.15) is 0 Å². The van der Waals surface area contributed by atoms with Gasteiger partial charge in [-0.15, -0.1) is 0 Å². The van der Waals surface area contributed by atoms with Gasteiger partial charge < -0.3 is 18.9 Å². The highest BCUT2D eigenvalue weighted by atomic mass is 16.5. The molecule has 2 aromatic rings.